The van der Waals surface area contributed by atoms with Crippen molar-refractivity contribution in [3.05, 3.63) is 32.6 Å². The highest BCUT2D eigenvalue weighted by atomic mass is 16.2. The average molecular weight is 239 g/mol. The average Bonchev–Trinajstić information content (AvgIpc) is 2.35. The van der Waals surface area contributed by atoms with Crippen LogP contribution < -0.4 is 26.8 Å². The van der Waals surface area contributed by atoms with Crippen molar-refractivity contribution < 1.29 is 4.79 Å². The van der Waals surface area contributed by atoms with E-state index in [9.17, 15) is 14.4 Å². The molecule has 0 aromatic heterocycles. The van der Waals surface area contributed by atoms with Crippen molar-refractivity contribution in [2.24, 2.45) is 0 Å². The molecular weight excluding hydrogens is 222 g/mol. The number of likely N-dealkylation sites (N-methyl/N-ethyl adjacent to an activating group) is 1. The minimum atomic E-state index is -0.438. The van der Waals surface area contributed by atoms with Crippen LogP contribution in [-0.4, -0.2) is 27.1 Å². The molecule has 1 aromatic carbocycles. The molecule has 0 unspecified atom stereocenters. The van der Waals surface area contributed by atoms with Gasteiger partial charge in [-0.15, -0.1) is 0 Å². The highest BCUT2D eigenvalue weighted by Gasteiger charge is 2.17. The predicted molar refractivity (Wildman–Crippen MR) is 69.3 cm³/mol. The zero-order valence-electron chi connectivity index (χ0n) is 10.4. The first-order valence-electron chi connectivity index (χ1n) is 5.06. The van der Waals surface area contributed by atoms with Crippen molar-refractivity contribution >= 4 is 17.3 Å². The molecule has 94 valence electrons. The first-order valence-corrected chi connectivity index (χ1v) is 5.06. The second-order valence-corrected chi connectivity index (χ2v) is 3.02. The lowest BCUT2D eigenvalue weighted by molar-refractivity contribution is -0.116. The second kappa shape index (κ2) is 7.21. The molecular formula is C11H17N3O3. The van der Waals surface area contributed by atoms with Crippen LogP contribution in [0.2, 0.25) is 0 Å². The fraction of sp³-hybridized carbons (Fsp3) is 0.364. The van der Waals surface area contributed by atoms with Gasteiger partial charge in [-0.3, -0.25) is 14.4 Å². The molecule has 0 spiro atoms. The van der Waals surface area contributed by atoms with Crippen molar-refractivity contribution in [1.82, 2.24) is 5.32 Å². The Morgan fingerprint density at radius 2 is 1.41 bits per heavy atom. The van der Waals surface area contributed by atoms with E-state index in [-0.39, 0.29) is 5.91 Å². The van der Waals surface area contributed by atoms with E-state index in [4.69, 9.17) is 0 Å². The van der Waals surface area contributed by atoms with E-state index in [1.165, 1.54) is 6.08 Å². The highest BCUT2D eigenvalue weighted by Crippen LogP contribution is 2.10. The van der Waals surface area contributed by atoms with Gasteiger partial charge in [0.1, 0.15) is 11.4 Å². The lowest BCUT2D eigenvalue weighted by Crippen LogP contribution is -2.35. The number of anilines is 2. The monoisotopic (exact) mass is 239 g/mol. The summed E-state index contributed by atoms with van der Waals surface area (Å²) in [7, 11) is 4.82. The first kappa shape index (κ1) is 14.9. The van der Waals surface area contributed by atoms with Gasteiger partial charge >= 0.3 is 0 Å². The van der Waals surface area contributed by atoms with Crippen LogP contribution in [0.1, 0.15) is 6.92 Å². The summed E-state index contributed by atoms with van der Waals surface area (Å²) in [6, 6.07) is 0. The predicted octanol–water partition coefficient (Wildman–Crippen LogP) is -0.326. The van der Waals surface area contributed by atoms with Crippen LogP contribution in [0, 0.1) is 0 Å². The van der Waals surface area contributed by atoms with Crippen LogP contribution in [0.25, 0.3) is 0 Å². The Kier molecular flexibility index (Phi) is 6.32. The van der Waals surface area contributed by atoms with Gasteiger partial charge in [-0.05, 0) is 13.0 Å². The number of nitrogens with one attached hydrogen (secondary N) is 3. The normalized spacial score (nSPS) is 9.65. The molecule has 0 aliphatic rings. The van der Waals surface area contributed by atoms with E-state index in [1.54, 1.807) is 34.1 Å². The summed E-state index contributed by atoms with van der Waals surface area (Å²) < 4.78 is 0. The molecule has 17 heavy (non-hydrogen) atoms. The summed E-state index contributed by atoms with van der Waals surface area (Å²) in [6.07, 6.45) is 3.17. The number of allylic oxidation sites excluding steroid dienone is 1. The van der Waals surface area contributed by atoms with Gasteiger partial charge in [-0.25, -0.2) is 0 Å². The molecule has 3 N–H and O–H groups in total. The molecule has 0 bridgehead atoms. The Morgan fingerprint density at radius 1 is 1.00 bits per heavy atom. The van der Waals surface area contributed by atoms with Crippen LogP contribution >= 0.6 is 0 Å². The van der Waals surface area contributed by atoms with Crippen molar-refractivity contribution in [1.29, 1.82) is 0 Å². The molecule has 1 amide bonds. The number of hydrogen-bond donors (Lipinski definition) is 3. The van der Waals surface area contributed by atoms with Gasteiger partial charge in [-0.1, -0.05) is 6.08 Å². The van der Waals surface area contributed by atoms with E-state index in [1.807, 2.05) is 0 Å². The molecule has 6 nitrogen and oxygen atoms in total. The number of carbonyl (C=O) groups excluding carboxylic acids is 1. The van der Waals surface area contributed by atoms with Crippen molar-refractivity contribution in [3.63, 3.8) is 0 Å². The van der Waals surface area contributed by atoms with E-state index in [0.717, 1.165) is 0 Å². The van der Waals surface area contributed by atoms with Gasteiger partial charge < -0.3 is 16.0 Å². The van der Waals surface area contributed by atoms with E-state index >= 15 is 0 Å². The van der Waals surface area contributed by atoms with E-state index in [2.05, 4.69) is 16.0 Å². The van der Waals surface area contributed by atoms with Gasteiger partial charge in [-0.2, -0.15) is 0 Å². The first-order chi connectivity index (χ1) is 8.03. The summed E-state index contributed by atoms with van der Waals surface area (Å²) in [5, 5.41) is 7.70. The van der Waals surface area contributed by atoms with Crippen LogP contribution in [-0.2, 0) is 4.79 Å². The quantitative estimate of drug-likeness (QED) is 0.497. The van der Waals surface area contributed by atoms with Crippen LogP contribution in [0.4, 0.5) is 11.4 Å². The lowest BCUT2D eigenvalue weighted by atomic mass is 10.2. The van der Waals surface area contributed by atoms with Gasteiger partial charge in [0.05, 0.1) is 0 Å². The van der Waals surface area contributed by atoms with Crippen molar-refractivity contribution in [3.8, 4) is 0 Å². The van der Waals surface area contributed by atoms with Crippen molar-refractivity contribution in [2.45, 2.75) is 6.92 Å². The number of rotatable bonds is 3. The van der Waals surface area contributed by atoms with Crippen molar-refractivity contribution in [2.75, 3.05) is 31.8 Å². The lowest BCUT2D eigenvalue weighted by Gasteiger charge is -2.07. The Morgan fingerprint density at radius 3 is 1.59 bits per heavy atom. The van der Waals surface area contributed by atoms with Gasteiger partial charge in [0.2, 0.25) is 5.91 Å². The molecule has 0 aliphatic carbocycles. The Balaban J connectivity index is 0.000000325. The van der Waals surface area contributed by atoms with E-state index < -0.39 is 10.9 Å². The molecule has 0 radical (unpaired) electrons. The summed E-state index contributed by atoms with van der Waals surface area (Å²) in [5.74, 6) is -0.0532. The zero-order chi connectivity index (χ0) is 13.4. The third kappa shape index (κ3) is 3.75. The van der Waals surface area contributed by atoms with Crippen LogP contribution in [0.3, 0.4) is 0 Å². The Labute approximate surface area is 99.4 Å². The zero-order valence-corrected chi connectivity index (χ0v) is 10.4. The number of carbonyl (C=O) groups is 1. The topological polar surface area (TPSA) is 87.3 Å². The fourth-order valence-corrected chi connectivity index (χ4v) is 1.10. The minimum Gasteiger partial charge on any atom is -0.383 e. The molecule has 0 saturated heterocycles. The molecule has 0 atom stereocenters. The Bertz CT molecular complexity index is 439. The molecule has 6 heteroatoms. The maximum atomic E-state index is 10.7. The molecule has 1 aromatic rings. The third-order valence-corrected chi connectivity index (χ3v) is 1.97. The summed E-state index contributed by atoms with van der Waals surface area (Å²) in [5.41, 5.74) is -0.112. The fourth-order valence-electron chi connectivity index (χ4n) is 1.10. The smallest absolute Gasteiger partial charge is 0.253 e. The largest absolute Gasteiger partial charge is 0.383 e. The number of amides is 1. The van der Waals surface area contributed by atoms with Gasteiger partial charge in [0, 0.05) is 21.1 Å². The summed E-state index contributed by atoms with van der Waals surface area (Å²) in [6.45, 7) is 1.80. The molecule has 0 heterocycles. The molecule has 1 rings (SSSR count). The molecule has 0 fully saturated rings. The maximum Gasteiger partial charge on any atom is 0.253 e. The Hall–Kier alpha value is -2.11. The van der Waals surface area contributed by atoms with Gasteiger partial charge in [0.15, 0.2) is 0 Å². The second-order valence-electron chi connectivity index (χ2n) is 3.02. The maximum absolute atomic E-state index is 10.7. The molecule has 0 saturated carbocycles. The SMILES string of the molecule is C/C=C/C(=O)NC.CNc1c(NC)c(=O)c1=O. The molecule has 0 aliphatic heterocycles. The summed E-state index contributed by atoms with van der Waals surface area (Å²) >= 11 is 0. The van der Waals surface area contributed by atoms with E-state index in [0.29, 0.717) is 11.4 Å². The number of hydrogen-bond acceptors (Lipinski definition) is 5. The highest BCUT2D eigenvalue weighted by molar-refractivity contribution is 5.86. The summed E-state index contributed by atoms with van der Waals surface area (Å²) in [4.78, 5) is 31.5. The van der Waals surface area contributed by atoms with Crippen LogP contribution in [0.15, 0.2) is 21.7 Å². The standard InChI is InChI=1S/C6H8N2O2.C5H9NO/c1-7-3-4(8-2)6(10)5(3)9;1-3-4-5(7)6-2/h7-8H,1-2H3;3-4H,1-2H3,(H,6,7)/b;4-3+. The minimum absolute atomic E-state index is 0.0532. The van der Waals surface area contributed by atoms with Crippen LogP contribution in [0.5, 0.6) is 0 Å². The third-order valence-electron chi connectivity index (χ3n) is 1.97. The van der Waals surface area contributed by atoms with Gasteiger partial charge in [0.25, 0.3) is 10.9 Å².